The molecule has 3 heterocycles. The number of aldehydes is 2. The summed E-state index contributed by atoms with van der Waals surface area (Å²) in [5.41, 5.74) is 8.01. The first kappa shape index (κ1) is 38.4. The van der Waals surface area contributed by atoms with Crippen LogP contribution in [0.4, 0.5) is 13.2 Å². The van der Waals surface area contributed by atoms with Crippen molar-refractivity contribution in [3.05, 3.63) is 140 Å². The van der Waals surface area contributed by atoms with E-state index in [1.807, 2.05) is 42.6 Å². The first-order chi connectivity index (χ1) is 22.6. The van der Waals surface area contributed by atoms with Crippen LogP contribution in [-0.4, -0.2) is 47.0 Å². The Kier molecular flexibility index (Phi) is 14.8. The van der Waals surface area contributed by atoms with Gasteiger partial charge in [-0.3, -0.25) is 9.59 Å². The number of rotatable bonds is 4. The fourth-order valence-corrected chi connectivity index (χ4v) is 5.88. The Bertz CT molecular complexity index is 1920. The second-order valence-electron chi connectivity index (χ2n) is 10.3. The van der Waals surface area contributed by atoms with Crippen LogP contribution in [0.15, 0.2) is 112 Å². The summed E-state index contributed by atoms with van der Waals surface area (Å²) in [6.07, 6.45) is -1.21. The molecule has 0 radical (unpaired) electrons. The van der Waals surface area contributed by atoms with E-state index in [2.05, 4.69) is 90.4 Å². The smallest absolute Gasteiger partial charge is 0.396 e. The minimum atomic E-state index is -4.64. The lowest BCUT2D eigenvalue weighted by Crippen LogP contribution is -2.16. The summed E-state index contributed by atoms with van der Waals surface area (Å²) in [7, 11) is 0. The second kappa shape index (κ2) is 18.5. The maximum absolute atomic E-state index is 10.4. The third-order valence-corrected chi connectivity index (χ3v) is 8.06. The highest BCUT2D eigenvalue weighted by Gasteiger charge is 2.26. The van der Waals surface area contributed by atoms with E-state index in [-0.39, 0.29) is 20.1 Å². The van der Waals surface area contributed by atoms with Crippen molar-refractivity contribution in [1.82, 2.24) is 9.97 Å². The van der Waals surface area contributed by atoms with Gasteiger partial charge in [0.05, 0.1) is 12.3 Å². The van der Waals surface area contributed by atoms with Crippen LogP contribution in [0.5, 0.6) is 0 Å². The number of aliphatic hydroxyl groups excluding tert-OH is 1. The number of benzene rings is 4. The summed E-state index contributed by atoms with van der Waals surface area (Å²) < 4.78 is 39.3. The Morgan fingerprint density at radius 1 is 0.854 bits per heavy atom. The summed E-state index contributed by atoms with van der Waals surface area (Å²) in [6, 6.07) is 32.2. The van der Waals surface area contributed by atoms with Gasteiger partial charge < -0.3 is 19.8 Å². The Morgan fingerprint density at radius 3 is 2.08 bits per heavy atom. The van der Waals surface area contributed by atoms with Gasteiger partial charge in [-0.1, -0.05) is 100.0 Å². The number of hydrogen-bond acceptors (Lipinski definition) is 4. The molecule has 1 atom stereocenters. The van der Waals surface area contributed by atoms with E-state index in [1.54, 1.807) is 12.1 Å². The zero-order chi connectivity index (χ0) is 33.8. The highest BCUT2D eigenvalue weighted by molar-refractivity contribution is 9.10. The SMILES string of the molecule is Brc1cccc(C2OCCc3c2[nH]c2ccccc32)c1.C.O=CC(F)(F)F.O=Cc1cccc(Br)c1.OCCc1c[nH]c2ccccc12. The minimum absolute atomic E-state index is 0. The predicted molar refractivity (Wildman–Crippen MR) is 191 cm³/mol. The van der Waals surface area contributed by atoms with E-state index in [9.17, 15) is 18.0 Å². The van der Waals surface area contributed by atoms with E-state index in [1.165, 1.54) is 38.7 Å². The van der Waals surface area contributed by atoms with Crippen LogP contribution in [0.1, 0.15) is 46.3 Å². The molecule has 0 saturated heterocycles. The van der Waals surface area contributed by atoms with Crippen LogP contribution in [0.2, 0.25) is 0 Å². The lowest BCUT2D eigenvalue weighted by atomic mass is 9.98. The van der Waals surface area contributed by atoms with Gasteiger partial charge in [0.1, 0.15) is 12.4 Å². The number of carbonyl (C=O) groups excluding carboxylic acids is 2. The Balaban J connectivity index is 0.000000192. The van der Waals surface area contributed by atoms with Crippen molar-refractivity contribution < 1.29 is 32.6 Å². The minimum Gasteiger partial charge on any atom is -0.396 e. The molecule has 252 valence electrons. The molecule has 0 bridgehead atoms. The average molecular weight is 788 g/mol. The van der Waals surface area contributed by atoms with E-state index in [0.29, 0.717) is 5.56 Å². The van der Waals surface area contributed by atoms with Crippen molar-refractivity contribution in [2.45, 2.75) is 32.5 Å². The van der Waals surface area contributed by atoms with Crippen molar-refractivity contribution in [2.24, 2.45) is 0 Å². The zero-order valence-electron chi connectivity index (χ0n) is 24.9. The van der Waals surface area contributed by atoms with Gasteiger partial charge in [-0.25, -0.2) is 0 Å². The van der Waals surface area contributed by atoms with Gasteiger partial charge in [-0.2, -0.15) is 13.2 Å². The number of aliphatic hydroxyl groups is 1. The van der Waals surface area contributed by atoms with Gasteiger partial charge in [-0.15, -0.1) is 0 Å². The molecule has 0 saturated carbocycles. The number of ether oxygens (including phenoxy) is 1. The molecule has 48 heavy (non-hydrogen) atoms. The summed E-state index contributed by atoms with van der Waals surface area (Å²) >= 11 is 6.78. The molecule has 0 aliphatic carbocycles. The van der Waals surface area contributed by atoms with Crippen molar-refractivity contribution in [3.63, 3.8) is 0 Å². The van der Waals surface area contributed by atoms with E-state index < -0.39 is 12.5 Å². The van der Waals surface area contributed by atoms with E-state index >= 15 is 0 Å². The van der Waals surface area contributed by atoms with Gasteiger partial charge in [0.15, 0.2) is 0 Å². The molecule has 1 aliphatic rings. The number of para-hydroxylation sites is 2. The second-order valence-corrected chi connectivity index (χ2v) is 12.1. The molecule has 6 nitrogen and oxygen atoms in total. The lowest BCUT2D eigenvalue weighted by molar-refractivity contribution is -0.156. The normalized spacial score (nSPS) is 13.3. The van der Waals surface area contributed by atoms with Crippen molar-refractivity contribution in [3.8, 4) is 0 Å². The predicted octanol–water partition coefficient (Wildman–Crippen LogP) is 9.94. The number of carbonyl (C=O) groups is 2. The van der Waals surface area contributed by atoms with E-state index in [4.69, 9.17) is 14.6 Å². The van der Waals surface area contributed by atoms with Gasteiger partial charge in [0.25, 0.3) is 0 Å². The molecule has 4 aromatic carbocycles. The van der Waals surface area contributed by atoms with Gasteiger partial charge in [0.2, 0.25) is 6.29 Å². The van der Waals surface area contributed by atoms with E-state index in [0.717, 1.165) is 40.2 Å². The largest absolute Gasteiger partial charge is 0.446 e. The third-order valence-electron chi connectivity index (χ3n) is 7.07. The van der Waals surface area contributed by atoms with Crippen LogP contribution in [0.3, 0.4) is 0 Å². The molecular formula is C37H35Br2F3N2O4. The molecular weight excluding hydrogens is 753 g/mol. The van der Waals surface area contributed by atoms with Crippen LogP contribution >= 0.6 is 31.9 Å². The number of alkyl halides is 3. The zero-order valence-corrected chi connectivity index (χ0v) is 28.1. The van der Waals surface area contributed by atoms with Crippen LogP contribution in [-0.2, 0) is 22.4 Å². The molecule has 3 N–H and O–H groups in total. The summed E-state index contributed by atoms with van der Waals surface area (Å²) in [5, 5.41) is 11.3. The molecule has 11 heteroatoms. The van der Waals surface area contributed by atoms with Crippen LogP contribution in [0, 0.1) is 0 Å². The Hall–Kier alpha value is -4.03. The molecule has 6 aromatic rings. The van der Waals surface area contributed by atoms with Crippen molar-refractivity contribution >= 4 is 66.2 Å². The lowest BCUT2D eigenvalue weighted by Gasteiger charge is -2.24. The number of halogens is 5. The first-order valence-corrected chi connectivity index (χ1v) is 16.1. The molecule has 7 rings (SSSR count). The number of H-pyrrole nitrogens is 2. The summed E-state index contributed by atoms with van der Waals surface area (Å²) in [5.74, 6) is 0. The van der Waals surface area contributed by atoms with Crippen LogP contribution < -0.4 is 0 Å². The number of fused-ring (bicyclic) bond motifs is 4. The van der Waals surface area contributed by atoms with Crippen molar-refractivity contribution in [2.75, 3.05) is 13.2 Å². The van der Waals surface area contributed by atoms with Gasteiger partial charge >= 0.3 is 6.18 Å². The number of nitrogens with one attached hydrogen (secondary N) is 2. The Labute approximate surface area is 293 Å². The fourth-order valence-electron chi connectivity index (χ4n) is 5.05. The summed E-state index contributed by atoms with van der Waals surface area (Å²) in [6.45, 7) is 0.980. The van der Waals surface area contributed by atoms with Crippen LogP contribution in [0.25, 0.3) is 21.8 Å². The Morgan fingerprint density at radius 2 is 1.48 bits per heavy atom. The molecule has 0 spiro atoms. The van der Waals surface area contributed by atoms with Gasteiger partial charge in [0, 0.05) is 49.1 Å². The fraction of sp³-hybridized carbons (Fsp3) is 0.189. The third kappa shape index (κ3) is 10.7. The molecule has 0 fully saturated rings. The maximum Gasteiger partial charge on any atom is 0.446 e. The average Bonchev–Trinajstić information content (AvgIpc) is 3.67. The topological polar surface area (TPSA) is 95.2 Å². The summed E-state index contributed by atoms with van der Waals surface area (Å²) in [4.78, 5) is 25.5. The maximum atomic E-state index is 10.4. The van der Waals surface area contributed by atoms with Gasteiger partial charge in [-0.05, 0) is 65.9 Å². The molecule has 1 unspecified atom stereocenters. The first-order valence-electron chi connectivity index (χ1n) is 14.5. The molecule has 1 aliphatic heterocycles. The van der Waals surface area contributed by atoms with Crippen molar-refractivity contribution in [1.29, 1.82) is 0 Å². The molecule has 0 amide bonds. The number of aromatic nitrogens is 2. The highest BCUT2D eigenvalue weighted by Crippen LogP contribution is 2.37. The molecule has 2 aromatic heterocycles. The standard InChI is InChI=1S/C17H14BrNO.C10H11NO.C7H5BrO.C2HF3O.CH4/c18-12-5-3-4-11(10-12)17-16-14(8-9-20-17)13-6-1-2-7-15(13)19-16;12-6-5-8-7-11-10-4-2-1-3-9(8)10;8-7-3-1-2-6(4-7)5-9;3-2(4,5)1-6;/h1-7,10,17,19H,8-9H2;1-4,7,11-12H,5-6H2;1-5H;1H;1H4. The quantitative estimate of drug-likeness (QED) is 0.155. The highest BCUT2D eigenvalue weighted by atomic mass is 79.9. The number of aromatic amines is 2. The number of hydrogen-bond donors (Lipinski definition) is 3. The monoisotopic (exact) mass is 786 g/mol.